The van der Waals surface area contributed by atoms with Crippen LogP contribution in [-0.4, -0.2) is 6.61 Å². The fourth-order valence-electron chi connectivity index (χ4n) is 2.38. The van der Waals surface area contributed by atoms with Crippen molar-refractivity contribution >= 4 is 0 Å². The van der Waals surface area contributed by atoms with Crippen LogP contribution in [0.5, 0.6) is 5.75 Å². The zero-order valence-electron chi connectivity index (χ0n) is 12.0. The number of rotatable bonds is 1. The van der Waals surface area contributed by atoms with Crippen molar-refractivity contribution in [1.82, 2.24) is 0 Å². The van der Waals surface area contributed by atoms with Crippen molar-refractivity contribution in [2.45, 2.75) is 58.5 Å². The van der Waals surface area contributed by atoms with E-state index < -0.39 is 6.17 Å². The molecule has 1 aromatic carbocycles. The Morgan fingerprint density at radius 3 is 2.50 bits per heavy atom. The van der Waals surface area contributed by atoms with Gasteiger partial charge in [-0.2, -0.15) is 0 Å². The fourth-order valence-corrected chi connectivity index (χ4v) is 2.38. The first kappa shape index (κ1) is 13.4. The van der Waals surface area contributed by atoms with Crippen LogP contribution in [0.25, 0.3) is 0 Å². The van der Waals surface area contributed by atoms with Gasteiger partial charge in [-0.05, 0) is 23.0 Å². The largest absolute Gasteiger partial charge is 0.493 e. The Morgan fingerprint density at radius 1 is 1.28 bits per heavy atom. The molecule has 0 saturated heterocycles. The first-order chi connectivity index (χ1) is 8.30. The van der Waals surface area contributed by atoms with Crippen LogP contribution in [0.1, 0.15) is 69.8 Å². The molecule has 0 spiro atoms. The summed E-state index contributed by atoms with van der Waals surface area (Å²) in [5.41, 5.74) is 3.06. The smallest absolute Gasteiger partial charge is 0.132 e. The lowest BCUT2D eigenvalue weighted by Gasteiger charge is -2.30. The van der Waals surface area contributed by atoms with E-state index in [0.717, 1.165) is 16.9 Å². The Kier molecular flexibility index (Phi) is 3.39. The van der Waals surface area contributed by atoms with E-state index >= 15 is 0 Å². The van der Waals surface area contributed by atoms with E-state index in [1.165, 1.54) is 5.56 Å². The number of ether oxygens (including phenoxy) is 1. The van der Waals surface area contributed by atoms with Crippen LogP contribution in [0, 0.1) is 0 Å². The van der Waals surface area contributed by atoms with Crippen LogP contribution in [0.4, 0.5) is 4.39 Å². The second kappa shape index (κ2) is 4.56. The minimum atomic E-state index is -0.881. The van der Waals surface area contributed by atoms with Gasteiger partial charge in [-0.15, -0.1) is 0 Å². The predicted molar refractivity (Wildman–Crippen MR) is 73.2 cm³/mol. The van der Waals surface area contributed by atoms with Gasteiger partial charge in [0.05, 0.1) is 6.61 Å². The summed E-state index contributed by atoms with van der Waals surface area (Å²) in [7, 11) is 0. The molecule has 0 aliphatic carbocycles. The third-order valence-corrected chi connectivity index (χ3v) is 3.57. The standard InChI is InChI=1S/C16H23FO/c1-10(2)11-8-12-14(17)6-7-18-15(12)13(9-11)16(3,4)5/h8-10,14H,6-7H2,1-5H3. The third kappa shape index (κ3) is 2.38. The molecule has 18 heavy (non-hydrogen) atoms. The van der Waals surface area contributed by atoms with Gasteiger partial charge in [0.15, 0.2) is 0 Å². The lowest BCUT2D eigenvalue weighted by molar-refractivity contribution is 0.196. The van der Waals surface area contributed by atoms with Gasteiger partial charge < -0.3 is 4.74 Å². The SMILES string of the molecule is CC(C)c1cc2c(c(C(C)(C)C)c1)OCCC2F. The van der Waals surface area contributed by atoms with E-state index in [4.69, 9.17) is 4.74 Å². The molecule has 1 nitrogen and oxygen atoms in total. The van der Waals surface area contributed by atoms with E-state index in [9.17, 15) is 4.39 Å². The minimum Gasteiger partial charge on any atom is -0.493 e. The van der Waals surface area contributed by atoms with Crippen LogP contribution in [0.3, 0.4) is 0 Å². The maximum Gasteiger partial charge on any atom is 0.132 e. The molecule has 1 aromatic rings. The molecule has 0 bridgehead atoms. The van der Waals surface area contributed by atoms with Crippen molar-refractivity contribution in [2.75, 3.05) is 6.61 Å². The zero-order chi connectivity index (χ0) is 13.5. The molecule has 0 fully saturated rings. The predicted octanol–water partition coefficient (Wildman–Crippen LogP) is 4.90. The van der Waals surface area contributed by atoms with Gasteiger partial charge in [0.1, 0.15) is 11.9 Å². The first-order valence-electron chi connectivity index (χ1n) is 6.76. The van der Waals surface area contributed by atoms with Gasteiger partial charge in [-0.25, -0.2) is 4.39 Å². The highest BCUT2D eigenvalue weighted by atomic mass is 19.1. The number of benzene rings is 1. The average molecular weight is 250 g/mol. The van der Waals surface area contributed by atoms with Crippen LogP contribution in [0.2, 0.25) is 0 Å². The molecule has 0 radical (unpaired) electrons. The van der Waals surface area contributed by atoms with E-state index in [0.29, 0.717) is 18.9 Å². The second-order valence-electron chi connectivity index (χ2n) is 6.50. The van der Waals surface area contributed by atoms with Crippen LogP contribution in [-0.2, 0) is 5.41 Å². The van der Waals surface area contributed by atoms with Crippen molar-refractivity contribution in [3.05, 3.63) is 28.8 Å². The van der Waals surface area contributed by atoms with Gasteiger partial charge in [0, 0.05) is 17.5 Å². The summed E-state index contributed by atoms with van der Waals surface area (Å²) in [5.74, 6) is 1.19. The Balaban J connectivity index is 2.64. The van der Waals surface area contributed by atoms with E-state index in [2.05, 4.69) is 40.7 Å². The van der Waals surface area contributed by atoms with Crippen molar-refractivity contribution in [2.24, 2.45) is 0 Å². The summed E-state index contributed by atoms with van der Waals surface area (Å²) >= 11 is 0. The summed E-state index contributed by atoms with van der Waals surface area (Å²) in [4.78, 5) is 0. The van der Waals surface area contributed by atoms with E-state index in [-0.39, 0.29) is 5.41 Å². The Labute approximate surface area is 109 Å². The topological polar surface area (TPSA) is 9.23 Å². The lowest BCUT2D eigenvalue weighted by atomic mass is 9.81. The average Bonchev–Trinajstić information content (AvgIpc) is 2.27. The van der Waals surface area contributed by atoms with Gasteiger partial charge >= 0.3 is 0 Å². The maximum atomic E-state index is 14.1. The summed E-state index contributed by atoms with van der Waals surface area (Å²) in [6.45, 7) is 11.2. The molecule has 2 rings (SSSR count). The third-order valence-electron chi connectivity index (χ3n) is 3.57. The summed E-state index contributed by atoms with van der Waals surface area (Å²) in [6.07, 6.45) is -0.411. The summed E-state index contributed by atoms with van der Waals surface area (Å²) < 4.78 is 19.9. The quantitative estimate of drug-likeness (QED) is 0.688. The number of hydrogen-bond acceptors (Lipinski definition) is 1. The monoisotopic (exact) mass is 250 g/mol. The summed E-state index contributed by atoms with van der Waals surface area (Å²) in [6, 6.07) is 4.17. The molecular formula is C16H23FO. The molecular weight excluding hydrogens is 227 g/mol. The molecule has 1 atom stereocenters. The molecule has 1 aliphatic heterocycles. The van der Waals surface area contributed by atoms with Gasteiger partial charge in [-0.1, -0.05) is 40.7 Å². The molecule has 100 valence electrons. The number of hydrogen-bond donors (Lipinski definition) is 0. The minimum absolute atomic E-state index is 0.0218. The van der Waals surface area contributed by atoms with E-state index in [1.54, 1.807) is 0 Å². The highest BCUT2D eigenvalue weighted by molar-refractivity contribution is 5.50. The number of fused-ring (bicyclic) bond motifs is 1. The molecule has 1 aliphatic rings. The molecule has 2 heteroatoms. The molecule has 0 aromatic heterocycles. The van der Waals surface area contributed by atoms with Crippen molar-refractivity contribution < 1.29 is 9.13 Å². The molecule has 0 amide bonds. The van der Waals surface area contributed by atoms with Gasteiger partial charge in [-0.3, -0.25) is 0 Å². The van der Waals surface area contributed by atoms with Crippen molar-refractivity contribution in [3.63, 3.8) is 0 Å². The van der Waals surface area contributed by atoms with Crippen LogP contribution < -0.4 is 4.74 Å². The molecule has 1 heterocycles. The van der Waals surface area contributed by atoms with E-state index in [1.807, 2.05) is 6.07 Å². The highest BCUT2D eigenvalue weighted by Gasteiger charge is 2.29. The lowest BCUT2D eigenvalue weighted by Crippen LogP contribution is -2.20. The second-order valence-corrected chi connectivity index (χ2v) is 6.50. The zero-order valence-corrected chi connectivity index (χ0v) is 12.0. The van der Waals surface area contributed by atoms with Gasteiger partial charge in [0.25, 0.3) is 0 Å². The highest BCUT2D eigenvalue weighted by Crippen LogP contribution is 2.43. The first-order valence-corrected chi connectivity index (χ1v) is 6.76. The Morgan fingerprint density at radius 2 is 1.94 bits per heavy atom. The van der Waals surface area contributed by atoms with Crippen LogP contribution >= 0.6 is 0 Å². The van der Waals surface area contributed by atoms with Crippen LogP contribution in [0.15, 0.2) is 12.1 Å². The number of alkyl halides is 1. The Bertz CT molecular complexity index is 443. The molecule has 0 N–H and O–H groups in total. The van der Waals surface area contributed by atoms with Crippen molar-refractivity contribution in [1.29, 1.82) is 0 Å². The van der Waals surface area contributed by atoms with Crippen molar-refractivity contribution in [3.8, 4) is 5.75 Å². The Hall–Kier alpha value is -1.05. The molecule has 1 unspecified atom stereocenters. The maximum absolute atomic E-state index is 14.1. The normalized spacial score (nSPS) is 19.6. The molecule has 0 saturated carbocycles. The number of halogens is 1. The summed E-state index contributed by atoms with van der Waals surface area (Å²) in [5, 5.41) is 0. The van der Waals surface area contributed by atoms with Gasteiger partial charge in [0.2, 0.25) is 0 Å². The fraction of sp³-hybridized carbons (Fsp3) is 0.625.